The Balaban J connectivity index is 1.45. The summed E-state index contributed by atoms with van der Waals surface area (Å²) < 4.78 is 52.7. The van der Waals surface area contributed by atoms with E-state index < -0.39 is 27.6 Å². The number of rotatable bonds is 9. The number of piperazine rings is 1. The SMILES string of the molecule is COc1ccc2c(c1)C(OC(=O)N1CCN(C3CCN(C)CC3)CC1)(c1ccccc1C(C)C)C(=O)N2S(=O)(=O)c1ccc(OC)c(OC)c1. The summed E-state index contributed by atoms with van der Waals surface area (Å²) in [5.74, 6) is -0.150. The van der Waals surface area contributed by atoms with E-state index in [1.54, 1.807) is 29.2 Å². The minimum absolute atomic E-state index is 0.0593. The molecule has 0 saturated carbocycles. The monoisotopic (exact) mass is 706 g/mol. The van der Waals surface area contributed by atoms with Gasteiger partial charge in [-0.3, -0.25) is 9.69 Å². The van der Waals surface area contributed by atoms with Crippen LogP contribution in [0, 0.1) is 0 Å². The normalized spacial score (nSPS) is 20.6. The maximum atomic E-state index is 15.2. The molecule has 2 fully saturated rings. The van der Waals surface area contributed by atoms with Crippen molar-refractivity contribution in [1.82, 2.24) is 14.7 Å². The Bertz CT molecular complexity index is 1850. The number of hydrogen-bond acceptors (Lipinski definition) is 10. The van der Waals surface area contributed by atoms with Crippen LogP contribution < -0.4 is 18.5 Å². The lowest BCUT2D eigenvalue weighted by Crippen LogP contribution is -2.55. The Morgan fingerprint density at radius 1 is 0.820 bits per heavy atom. The molecule has 6 rings (SSSR count). The number of benzene rings is 3. The second kappa shape index (κ2) is 14.1. The van der Waals surface area contributed by atoms with Crippen molar-refractivity contribution in [1.29, 1.82) is 0 Å². The van der Waals surface area contributed by atoms with Crippen molar-refractivity contribution >= 4 is 27.7 Å². The fraction of sp³-hybridized carbons (Fsp3) is 0.459. The van der Waals surface area contributed by atoms with Crippen LogP contribution in [-0.2, 0) is 25.2 Å². The first-order chi connectivity index (χ1) is 24.0. The van der Waals surface area contributed by atoms with Gasteiger partial charge in [0.2, 0.25) is 5.60 Å². The molecule has 12 nitrogen and oxygen atoms in total. The smallest absolute Gasteiger partial charge is 0.411 e. The van der Waals surface area contributed by atoms with Gasteiger partial charge >= 0.3 is 6.09 Å². The van der Waals surface area contributed by atoms with Gasteiger partial charge in [0, 0.05) is 49.4 Å². The number of carbonyl (C=O) groups is 2. The van der Waals surface area contributed by atoms with E-state index in [4.69, 9.17) is 18.9 Å². The van der Waals surface area contributed by atoms with E-state index in [9.17, 15) is 13.2 Å². The van der Waals surface area contributed by atoms with Crippen molar-refractivity contribution < 1.29 is 37.0 Å². The van der Waals surface area contributed by atoms with Gasteiger partial charge in [0.05, 0.1) is 31.9 Å². The molecule has 0 bridgehead atoms. The third-order valence-corrected chi connectivity index (χ3v) is 11.9. The highest BCUT2D eigenvalue weighted by atomic mass is 32.2. The summed E-state index contributed by atoms with van der Waals surface area (Å²) in [5.41, 5.74) is -0.768. The minimum Gasteiger partial charge on any atom is -0.497 e. The van der Waals surface area contributed by atoms with Crippen molar-refractivity contribution in [3.63, 3.8) is 0 Å². The second-order valence-electron chi connectivity index (χ2n) is 13.3. The Morgan fingerprint density at radius 3 is 2.14 bits per heavy atom. The van der Waals surface area contributed by atoms with Crippen LogP contribution in [0.15, 0.2) is 65.6 Å². The molecule has 0 spiro atoms. The Morgan fingerprint density at radius 2 is 1.50 bits per heavy atom. The molecule has 2 saturated heterocycles. The van der Waals surface area contributed by atoms with Crippen LogP contribution in [0.3, 0.4) is 0 Å². The number of carbonyl (C=O) groups excluding carboxylic acids is 2. The quantitative estimate of drug-likeness (QED) is 0.311. The zero-order valence-corrected chi connectivity index (χ0v) is 30.4. The average molecular weight is 707 g/mol. The number of sulfonamides is 1. The van der Waals surface area contributed by atoms with Crippen molar-refractivity contribution in [2.24, 2.45) is 0 Å². The number of amides is 2. The van der Waals surface area contributed by atoms with Gasteiger partial charge in [-0.05, 0) is 74.8 Å². The first-order valence-corrected chi connectivity index (χ1v) is 18.4. The van der Waals surface area contributed by atoms with Crippen LogP contribution in [0.1, 0.15) is 49.3 Å². The molecule has 0 aromatic heterocycles. The summed E-state index contributed by atoms with van der Waals surface area (Å²) in [5, 5.41) is 0. The number of nitrogens with zero attached hydrogens (tertiary/aromatic N) is 4. The highest BCUT2D eigenvalue weighted by molar-refractivity contribution is 7.93. The summed E-state index contributed by atoms with van der Waals surface area (Å²) in [6.45, 7) is 8.21. The number of anilines is 1. The van der Waals surface area contributed by atoms with Gasteiger partial charge in [-0.15, -0.1) is 0 Å². The number of fused-ring (bicyclic) bond motifs is 1. The molecule has 1 atom stereocenters. The molecule has 3 aromatic rings. The van der Waals surface area contributed by atoms with Crippen molar-refractivity contribution in [3.05, 3.63) is 77.4 Å². The molecule has 0 radical (unpaired) electrons. The van der Waals surface area contributed by atoms with Crippen LogP contribution in [-0.4, -0.2) is 109 Å². The Kier molecular flexibility index (Phi) is 10.0. The molecule has 0 N–H and O–H groups in total. The Labute approximate surface area is 294 Å². The van der Waals surface area contributed by atoms with E-state index in [2.05, 4.69) is 16.8 Å². The van der Waals surface area contributed by atoms with Crippen LogP contribution in [0.2, 0.25) is 0 Å². The number of piperidine rings is 1. The van der Waals surface area contributed by atoms with E-state index in [0.717, 1.165) is 35.8 Å². The van der Waals surface area contributed by atoms with Crippen LogP contribution >= 0.6 is 0 Å². The van der Waals surface area contributed by atoms with E-state index in [1.165, 1.54) is 45.6 Å². The van der Waals surface area contributed by atoms with Crippen molar-refractivity contribution in [3.8, 4) is 17.2 Å². The molecule has 50 heavy (non-hydrogen) atoms. The van der Waals surface area contributed by atoms with Crippen molar-refractivity contribution in [2.75, 3.05) is 72.0 Å². The zero-order valence-electron chi connectivity index (χ0n) is 29.5. The molecular weight excluding hydrogens is 660 g/mol. The lowest BCUT2D eigenvalue weighted by Gasteiger charge is -2.42. The molecular formula is C37H46N4O8S. The summed E-state index contributed by atoms with van der Waals surface area (Å²) in [6, 6.07) is 16.5. The molecule has 3 aliphatic rings. The minimum atomic E-state index is -4.58. The van der Waals surface area contributed by atoms with Gasteiger partial charge in [-0.2, -0.15) is 4.31 Å². The predicted molar refractivity (Wildman–Crippen MR) is 189 cm³/mol. The third-order valence-electron chi connectivity index (χ3n) is 10.2. The van der Waals surface area contributed by atoms with E-state index >= 15 is 4.79 Å². The first kappa shape index (κ1) is 35.5. The van der Waals surface area contributed by atoms with Gasteiger partial charge in [0.25, 0.3) is 15.9 Å². The van der Waals surface area contributed by atoms with Gasteiger partial charge in [0.15, 0.2) is 11.5 Å². The first-order valence-electron chi connectivity index (χ1n) is 17.0. The molecule has 0 aliphatic carbocycles. The highest BCUT2D eigenvalue weighted by Gasteiger charge is 2.60. The van der Waals surface area contributed by atoms with Gasteiger partial charge < -0.3 is 28.7 Å². The number of hydrogen-bond donors (Lipinski definition) is 0. The summed E-state index contributed by atoms with van der Waals surface area (Å²) in [4.78, 5) is 35.7. The second-order valence-corrected chi connectivity index (χ2v) is 15.1. The summed E-state index contributed by atoms with van der Waals surface area (Å²) in [6.07, 6.45) is 1.46. The average Bonchev–Trinajstić information content (AvgIpc) is 3.38. The molecule has 2 amide bonds. The van der Waals surface area contributed by atoms with E-state index in [1.807, 2.05) is 26.0 Å². The highest BCUT2D eigenvalue weighted by Crippen LogP contribution is 2.52. The number of methoxy groups -OCH3 is 3. The molecule has 268 valence electrons. The summed E-state index contributed by atoms with van der Waals surface area (Å²) >= 11 is 0. The number of ether oxygens (including phenoxy) is 4. The zero-order chi connectivity index (χ0) is 35.8. The fourth-order valence-corrected chi connectivity index (χ4v) is 8.82. The molecule has 3 heterocycles. The lowest BCUT2D eigenvalue weighted by atomic mass is 9.81. The topological polar surface area (TPSA) is 118 Å². The van der Waals surface area contributed by atoms with E-state index in [-0.39, 0.29) is 27.8 Å². The van der Waals surface area contributed by atoms with E-state index in [0.29, 0.717) is 49.3 Å². The molecule has 1 unspecified atom stereocenters. The van der Waals surface area contributed by atoms with Gasteiger partial charge in [0.1, 0.15) is 5.75 Å². The molecule has 13 heteroatoms. The molecule has 3 aliphatic heterocycles. The Hall–Kier alpha value is -4.33. The summed E-state index contributed by atoms with van der Waals surface area (Å²) in [7, 11) is 1.88. The van der Waals surface area contributed by atoms with Gasteiger partial charge in [-0.1, -0.05) is 38.1 Å². The van der Waals surface area contributed by atoms with Crippen LogP contribution in [0.4, 0.5) is 10.5 Å². The third kappa shape index (κ3) is 6.15. The largest absolute Gasteiger partial charge is 0.497 e. The van der Waals surface area contributed by atoms with Gasteiger partial charge in [-0.25, -0.2) is 13.2 Å². The number of likely N-dealkylation sites (tertiary alicyclic amines) is 1. The maximum absolute atomic E-state index is 15.2. The van der Waals surface area contributed by atoms with Crippen LogP contribution in [0.5, 0.6) is 17.2 Å². The maximum Gasteiger partial charge on any atom is 0.411 e. The lowest BCUT2D eigenvalue weighted by molar-refractivity contribution is -0.132. The fourth-order valence-electron chi connectivity index (χ4n) is 7.35. The van der Waals surface area contributed by atoms with Crippen LogP contribution in [0.25, 0.3) is 0 Å². The standard InChI is InChI=1S/C37H46N4O8S/c1-25(2)29-9-7-8-10-30(29)37(49-36(43)40-21-19-39(20-22-40)26-15-17-38(3)18-16-26)31-23-27(46-4)11-13-32(31)41(35(37)42)50(44,45)28-12-14-33(47-5)34(24-28)48-6/h7-14,23-26H,15-22H2,1-6H3. The molecule has 3 aromatic carbocycles. The predicted octanol–water partition coefficient (Wildman–Crippen LogP) is 4.66. The van der Waals surface area contributed by atoms with Crippen molar-refractivity contribution in [2.45, 2.75) is 49.1 Å².